The van der Waals surface area contributed by atoms with Crippen molar-refractivity contribution in [2.45, 2.75) is 44.0 Å². The molecule has 0 spiro atoms. The third kappa shape index (κ3) is 8.70. The number of ketones is 1. The van der Waals surface area contributed by atoms with Crippen LogP contribution < -0.4 is 10.6 Å². The van der Waals surface area contributed by atoms with E-state index in [1.165, 1.54) is 4.90 Å². The van der Waals surface area contributed by atoms with Crippen LogP contribution in [-0.4, -0.2) is 85.4 Å². The van der Waals surface area contributed by atoms with E-state index in [0.29, 0.717) is 43.9 Å². The molecule has 1 fully saturated rings. The van der Waals surface area contributed by atoms with E-state index in [2.05, 4.69) is 20.8 Å². The second-order valence-electron chi connectivity index (χ2n) is 9.99. The minimum absolute atomic E-state index is 0.155. The molecule has 3 amide bonds. The summed E-state index contributed by atoms with van der Waals surface area (Å²) in [5, 5.41) is 13.1. The smallest absolute Gasteiger partial charge is 0.318 e. The Morgan fingerprint density at radius 3 is 2.26 bits per heavy atom. The Kier molecular flexibility index (Phi) is 10.8. The van der Waals surface area contributed by atoms with E-state index >= 15 is 0 Å². The number of rotatable bonds is 13. The normalized spacial score (nSPS) is 15.0. The lowest BCUT2D eigenvalue weighted by atomic mass is 10.0. The van der Waals surface area contributed by atoms with E-state index in [-0.39, 0.29) is 24.0 Å². The molecule has 12 nitrogen and oxygen atoms in total. The van der Waals surface area contributed by atoms with Crippen molar-refractivity contribution in [3.8, 4) is 11.5 Å². The van der Waals surface area contributed by atoms with Crippen molar-refractivity contribution in [1.29, 1.82) is 0 Å². The number of Topliss-reactive ketones (excluding diaryl/α,β-unsaturated/α-hetero) is 1. The predicted octanol–water partition coefficient (Wildman–Crippen LogP) is 2.62. The molecular formula is C29H35N5O7S. The summed E-state index contributed by atoms with van der Waals surface area (Å²) in [6.07, 6.45) is 1.58. The number of urea groups is 1. The van der Waals surface area contributed by atoms with E-state index in [0.717, 1.165) is 6.42 Å². The highest BCUT2D eigenvalue weighted by molar-refractivity contribution is 7.90. The number of nitrogens with one attached hydrogen (secondary N) is 2. The monoisotopic (exact) mass is 597 g/mol. The molecule has 2 aromatic carbocycles. The second-order valence-corrected chi connectivity index (χ2v) is 12.1. The fraction of sp³-hybridized carbons (Fsp3) is 0.414. The fourth-order valence-corrected chi connectivity index (χ4v) is 6.01. The Bertz CT molecular complexity index is 1440. The van der Waals surface area contributed by atoms with Crippen LogP contribution >= 0.6 is 0 Å². The second kappa shape index (κ2) is 14.7. The van der Waals surface area contributed by atoms with Crippen LogP contribution in [-0.2, 0) is 25.1 Å². The van der Waals surface area contributed by atoms with Gasteiger partial charge in [0.25, 0.3) is 5.89 Å². The summed E-state index contributed by atoms with van der Waals surface area (Å²) in [7, 11) is -3.85. The minimum atomic E-state index is -3.85. The van der Waals surface area contributed by atoms with Gasteiger partial charge in [-0.2, -0.15) is 0 Å². The molecular weight excluding hydrogens is 562 g/mol. The predicted molar refractivity (Wildman–Crippen MR) is 154 cm³/mol. The summed E-state index contributed by atoms with van der Waals surface area (Å²) in [5.41, 5.74) is 1.19. The quantitative estimate of drug-likeness (QED) is 0.282. The van der Waals surface area contributed by atoms with Crippen LogP contribution in [0.25, 0.3) is 11.5 Å². The molecule has 1 aromatic heterocycles. The maximum atomic E-state index is 13.6. The summed E-state index contributed by atoms with van der Waals surface area (Å²) >= 11 is 0. The summed E-state index contributed by atoms with van der Waals surface area (Å²) in [6, 6.07) is 14.4. The van der Waals surface area contributed by atoms with Gasteiger partial charge in [0.2, 0.25) is 17.6 Å². The first-order valence-corrected chi connectivity index (χ1v) is 15.7. The lowest BCUT2D eigenvalue weighted by Crippen LogP contribution is -2.57. The third-order valence-corrected chi connectivity index (χ3v) is 8.31. The standard InChI is InChI=1S/C29H35N5O7S/c1-2-3-14-23(25(35)28-33-32-27(41-28)22-12-8-5-9-13-22)30-26(36)24(31-29(37)34-15-17-40-18-16-34)20-42(38,39)19-21-10-6-4-7-11-21/h4-13,23-24H,2-3,14-20H2,1H3,(H,30,36)(H,31,37)/t23-,24?/m0/s1. The summed E-state index contributed by atoms with van der Waals surface area (Å²) in [5.74, 6) is -2.49. The highest BCUT2D eigenvalue weighted by Gasteiger charge is 2.33. The number of ether oxygens (including phenoxy) is 1. The molecule has 1 aliphatic rings. The van der Waals surface area contributed by atoms with Crippen molar-refractivity contribution in [3.05, 3.63) is 72.1 Å². The number of sulfone groups is 1. The van der Waals surface area contributed by atoms with Gasteiger partial charge in [-0.25, -0.2) is 13.2 Å². The zero-order valence-corrected chi connectivity index (χ0v) is 24.2. The Labute approximate surface area is 244 Å². The van der Waals surface area contributed by atoms with Crippen LogP contribution in [0.4, 0.5) is 4.79 Å². The van der Waals surface area contributed by atoms with Crippen molar-refractivity contribution in [2.24, 2.45) is 0 Å². The fourth-order valence-electron chi connectivity index (χ4n) is 4.45. The molecule has 1 aliphatic heterocycles. The number of amides is 3. The Hall–Kier alpha value is -4.10. The van der Waals surface area contributed by atoms with E-state index in [9.17, 15) is 22.8 Å². The molecule has 4 rings (SSSR count). The molecule has 1 unspecified atom stereocenters. The van der Waals surface area contributed by atoms with Crippen LogP contribution in [0.1, 0.15) is 42.4 Å². The van der Waals surface area contributed by atoms with Gasteiger partial charge in [-0.3, -0.25) is 9.59 Å². The van der Waals surface area contributed by atoms with Gasteiger partial charge < -0.3 is 24.7 Å². The van der Waals surface area contributed by atoms with E-state index in [1.807, 2.05) is 13.0 Å². The molecule has 3 aromatic rings. The molecule has 2 heterocycles. The first kappa shape index (κ1) is 30.8. The molecule has 0 saturated carbocycles. The first-order chi connectivity index (χ1) is 20.3. The molecule has 2 atom stereocenters. The van der Waals surface area contributed by atoms with Crippen LogP contribution in [0, 0.1) is 0 Å². The largest absolute Gasteiger partial charge is 0.414 e. The Balaban J connectivity index is 1.53. The number of benzene rings is 2. The van der Waals surface area contributed by atoms with Gasteiger partial charge in [-0.15, -0.1) is 10.2 Å². The van der Waals surface area contributed by atoms with Crippen LogP contribution in [0.3, 0.4) is 0 Å². The number of carbonyl (C=O) groups excluding carboxylic acids is 3. The van der Waals surface area contributed by atoms with Gasteiger partial charge in [0.15, 0.2) is 9.84 Å². The zero-order chi connectivity index (χ0) is 30.0. The first-order valence-electron chi connectivity index (χ1n) is 13.9. The highest BCUT2D eigenvalue weighted by atomic mass is 32.2. The molecule has 13 heteroatoms. The number of aromatic nitrogens is 2. The lowest BCUT2D eigenvalue weighted by molar-refractivity contribution is -0.123. The molecule has 1 saturated heterocycles. The average molecular weight is 598 g/mol. The van der Waals surface area contributed by atoms with Gasteiger partial charge in [-0.1, -0.05) is 68.3 Å². The van der Waals surface area contributed by atoms with Crippen molar-refractivity contribution >= 4 is 27.6 Å². The molecule has 42 heavy (non-hydrogen) atoms. The number of hydrogen-bond acceptors (Lipinski definition) is 9. The van der Waals surface area contributed by atoms with Gasteiger partial charge in [0.1, 0.15) is 6.04 Å². The zero-order valence-electron chi connectivity index (χ0n) is 23.4. The van der Waals surface area contributed by atoms with Crippen LogP contribution in [0.2, 0.25) is 0 Å². The van der Waals surface area contributed by atoms with Crippen molar-refractivity contribution in [1.82, 2.24) is 25.7 Å². The summed E-state index contributed by atoms with van der Waals surface area (Å²) < 4.78 is 37.2. The van der Waals surface area contributed by atoms with E-state index < -0.39 is 45.4 Å². The number of nitrogens with zero attached hydrogens (tertiary/aromatic N) is 3. The van der Waals surface area contributed by atoms with Gasteiger partial charge >= 0.3 is 6.03 Å². The van der Waals surface area contributed by atoms with Gasteiger partial charge in [0, 0.05) is 18.7 Å². The third-order valence-electron chi connectivity index (χ3n) is 6.70. The van der Waals surface area contributed by atoms with Gasteiger partial charge in [0.05, 0.1) is 30.8 Å². The van der Waals surface area contributed by atoms with Crippen molar-refractivity contribution < 1.29 is 32.0 Å². The highest BCUT2D eigenvalue weighted by Crippen LogP contribution is 2.19. The molecule has 0 radical (unpaired) electrons. The van der Waals surface area contributed by atoms with E-state index in [1.54, 1.807) is 54.6 Å². The average Bonchev–Trinajstić information content (AvgIpc) is 3.50. The number of unbranched alkanes of at least 4 members (excludes halogenated alkanes) is 1. The van der Waals surface area contributed by atoms with E-state index in [4.69, 9.17) is 9.15 Å². The number of morpholine rings is 1. The Morgan fingerprint density at radius 2 is 1.60 bits per heavy atom. The summed E-state index contributed by atoms with van der Waals surface area (Å²) in [6.45, 7) is 3.20. The van der Waals surface area contributed by atoms with Crippen LogP contribution in [0.15, 0.2) is 65.1 Å². The Morgan fingerprint density at radius 1 is 0.929 bits per heavy atom. The lowest BCUT2D eigenvalue weighted by Gasteiger charge is -2.29. The van der Waals surface area contributed by atoms with Crippen molar-refractivity contribution in [3.63, 3.8) is 0 Å². The topological polar surface area (TPSA) is 161 Å². The molecule has 0 aliphatic carbocycles. The van der Waals surface area contributed by atoms with Crippen molar-refractivity contribution in [2.75, 3.05) is 32.1 Å². The molecule has 224 valence electrons. The minimum Gasteiger partial charge on any atom is -0.414 e. The molecule has 2 N–H and O–H groups in total. The number of hydrogen-bond donors (Lipinski definition) is 2. The SMILES string of the molecule is CCCC[C@H](NC(=O)C(CS(=O)(=O)Cc1ccccc1)NC(=O)N1CCOCC1)C(=O)c1nnc(-c2ccccc2)o1. The maximum absolute atomic E-state index is 13.6. The molecule has 0 bridgehead atoms. The maximum Gasteiger partial charge on any atom is 0.318 e. The van der Waals surface area contributed by atoms with Crippen LogP contribution in [0.5, 0.6) is 0 Å². The number of carbonyl (C=O) groups is 3. The summed E-state index contributed by atoms with van der Waals surface area (Å²) in [4.78, 5) is 41.4. The van der Waals surface area contributed by atoms with Gasteiger partial charge in [-0.05, 0) is 24.1 Å².